The lowest BCUT2D eigenvalue weighted by Gasteiger charge is -2.40. The fraction of sp³-hybridized carbons (Fsp3) is 0.943. The van der Waals surface area contributed by atoms with Gasteiger partial charge in [-0.1, -0.05) is 328 Å². The first-order valence-electron chi connectivity index (χ1n) is 35.5. The van der Waals surface area contributed by atoms with Crippen molar-refractivity contribution < 1.29 is 49.3 Å². The highest BCUT2D eigenvalue weighted by Gasteiger charge is 2.44. The van der Waals surface area contributed by atoms with E-state index in [1.807, 2.05) is 6.08 Å². The number of ether oxygens (including phenoxy) is 3. The summed E-state index contributed by atoms with van der Waals surface area (Å²) in [5.74, 6) is -0.166. The summed E-state index contributed by atoms with van der Waals surface area (Å²) in [6.45, 7) is 4.36. The standard InChI is InChI=1S/C70H135NO10/c1-3-5-7-9-11-13-14-15-16-28-32-35-38-42-46-50-54-58-66(75)79-59-55-51-47-43-39-36-33-30-27-25-23-21-19-17-18-20-22-24-26-29-31-34-37-41-45-49-53-57-65(74)71-62(63(73)56-52-48-44-40-12-10-8-6-4-2)61-80-70-69(78)68(77)67(76)64(60-72)81-70/h52,56,62-64,67-70,72-73,76-78H,3-51,53-55,57-61H2,1-2H3,(H,71,74)/b56-52+. The number of rotatable bonds is 63. The van der Waals surface area contributed by atoms with Gasteiger partial charge in [0, 0.05) is 12.8 Å². The van der Waals surface area contributed by atoms with Gasteiger partial charge in [0.15, 0.2) is 6.29 Å². The van der Waals surface area contributed by atoms with Gasteiger partial charge in [-0.15, -0.1) is 0 Å². The fourth-order valence-corrected chi connectivity index (χ4v) is 11.6. The number of hydrogen-bond donors (Lipinski definition) is 6. The van der Waals surface area contributed by atoms with E-state index in [2.05, 4.69) is 19.2 Å². The minimum atomic E-state index is -1.57. The summed E-state index contributed by atoms with van der Waals surface area (Å²) in [5.41, 5.74) is 0. The van der Waals surface area contributed by atoms with Crippen LogP contribution in [0.15, 0.2) is 12.2 Å². The van der Waals surface area contributed by atoms with Crippen molar-refractivity contribution in [3.05, 3.63) is 12.2 Å². The summed E-state index contributed by atoms with van der Waals surface area (Å²) in [4.78, 5) is 25.1. The van der Waals surface area contributed by atoms with Crippen molar-refractivity contribution >= 4 is 11.9 Å². The van der Waals surface area contributed by atoms with E-state index in [4.69, 9.17) is 14.2 Å². The minimum Gasteiger partial charge on any atom is -0.466 e. The lowest BCUT2D eigenvalue weighted by molar-refractivity contribution is -0.302. The molecule has 7 unspecified atom stereocenters. The number of hydrogen-bond acceptors (Lipinski definition) is 10. The highest BCUT2D eigenvalue weighted by atomic mass is 16.7. The van der Waals surface area contributed by atoms with Crippen LogP contribution in [-0.4, -0.2) is 100 Å². The molecule has 1 amide bonds. The number of carbonyl (C=O) groups excluding carboxylic acids is 2. The minimum absolute atomic E-state index is 0.0133. The van der Waals surface area contributed by atoms with Crippen LogP contribution in [0.5, 0.6) is 0 Å². The number of nitrogens with one attached hydrogen (secondary N) is 1. The van der Waals surface area contributed by atoms with Gasteiger partial charge in [0.2, 0.25) is 5.91 Å². The van der Waals surface area contributed by atoms with Crippen LogP contribution >= 0.6 is 0 Å². The number of allylic oxidation sites excluding steroid dienone is 1. The van der Waals surface area contributed by atoms with Crippen LogP contribution in [-0.2, 0) is 23.8 Å². The number of carbonyl (C=O) groups is 2. The summed E-state index contributed by atoms with van der Waals surface area (Å²) < 4.78 is 16.7. The van der Waals surface area contributed by atoms with Gasteiger partial charge in [0.25, 0.3) is 0 Å². The fourth-order valence-electron chi connectivity index (χ4n) is 11.6. The molecule has 1 aliphatic heterocycles. The molecule has 1 heterocycles. The Balaban J connectivity index is 1.90. The van der Waals surface area contributed by atoms with Crippen molar-refractivity contribution in [2.75, 3.05) is 19.8 Å². The van der Waals surface area contributed by atoms with Crippen LogP contribution in [0.4, 0.5) is 0 Å². The molecule has 0 spiro atoms. The third-order valence-electron chi connectivity index (χ3n) is 17.2. The van der Waals surface area contributed by atoms with E-state index in [9.17, 15) is 35.1 Å². The zero-order chi connectivity index (χ0) is 58.7. The molecule has 7 atom stereocenters. The Bertz CT molecular complexity index is 1350. The molecule has 11 nitrogen and oxygen atoms in total. The second-order valence-electron chi connectivity index (χ2n) is 25.0. The number of unbranched alkanes of at least 4 members (excludes halogenated alkanes) is 49. The second kappa shape index (κ2) is 60.1. The molecule has 0 aromatic rings. The smallest absolute Gasteiger partial charge is 0.305 e. The topological polar surface area (TPSA) is 175 Å². The molecule has 0 aromatic carbocycles. The summed E-state index contributed by atoms with van der Waals surface area (Å²) in [7, 11) is 0. The molecule has 1 saturated heterocycles. The summed E-state index contributed by atoms with van der Waals surface area (Å²) in [6.07, 6.45) is 63.6. The average molecular weight is 1150 g/mol. The van der Waals surface area contributed by atoms with E-state index in [1.165, 1.54) is 283 Å². The number of amides is 1. The molecule has 0 saturated carbocycles. The monoisotopic (exact) mass is 1150 g/mol. The van der Waals surface area contributed by atoms with Gasteiger partial charge in [-0.05, 0) is 32.1 Å². The molecular formula is C70H135NO10. The summed E-state index contributed by atoms with van der Waals surface area (Å²) in [5, 5.41) is 54.3. The molecular weight excluding hydrogens is 1010 g/mol. The van der Waals surface area contributed by atoms with Crippen LogP contribution in [0.3, 0.4) is 0 Å². The van der Waals surface area contributed by atoms with Gasteiger partial charge < -0.3 is 45.1 Å². The third-order valence-corrected chi connectivity index (χ3v) is 17.2. The van der Waals surface area contributed by atoms with Crippen molar-refractivity contribution in [1.29, 1.82) is 0 Å². The molecule has 0 bridgehead atoms. The van der Waals surface area contributed by atoms with Gasteiger partial charge in [0.05, 0.1) is 32.0 Å². The normalized spacial score (nSPS) is 18.2. The zero-order valence-electron chi connectivity index (χ0n) is 53.3. The Morgan fingerprint density at radius 3 is 1.15 bits per heavy atom. The first-order valence-corrected chi connectivity index (χ1v) is 35.5. The average Bonchev–Trinajstić information content (AvgIpc) is 3.49. The van der Waals surface area contributed by atoms with Gasteiger partial charge in [-0.25, -0.2) is 0 Å². The molecule has 480 valence electrons. The largest absolute Gasteiger partial charge is 0.466 e. The molecule has 6 N–H and O–H groups in total. The van der Waals surface area contributed by atoms with E-state index in [0.717, 1.165) is 51.4 Å². The van der Waals surface area contributed by atoms with E-state index in [1.54, 1.807) is 6.08 Å². The highest BCUT2D eigenvalue weighted by Crippen LogP contribution is 2.23. The van der Waals surface area contributed by atoms with E-state index in [0.29, 0.717) is 19.4 Å². The van der Waals surface area contributed by atoms with Gasteiger partial charge in [-0.2, -0.15) is 0 Å². The first kappa shape index (κ1) is 77.4. The van der Waals surface area contributed by atoms with E-state index >= 15 is 0 Å². The molecule has 11 heteroatoms. The number of esters is 1. The molecule has 0 radical (unpaired) electrons. The predicted molar refractivity (Wildman–Crippen MR) is 338 cm³/mol. The van der Waals surface area contributed by atoms with Crippen molar-refractivity contribution in [3.8, 4) is 0 Å². The van der Waals surface area contributed by atoms with Gasteiger partial charge in [0.1, 0.15) is 24.4 Å². The quantitative estimate of drug-likeness (QED) is 0.0195. The first-order chi connectivity index (χ1) is 39.7. The van der Waals surface area contributed by atoms with Crippen LogP contribution in [0, 0.1) is 0 Å². The van der Waals surface area contributed by atoms with Crippen LogP contribution < -0.4 is 5.32 Å². The van der Waals surface area contributed by atoms with Crippen molar-refractivity contribution in [1.82, 2.24) is 5.32 Å². The van der Waals surface area contributed by atoms with Crippen LogP contribution in [0.1, 0.15) is 361 Å². The molecule has 0 aliphatic carbocycles. The summed E-state index contributed by atoms with van der Waals surface area (Å²) >= 11 is 0. The van der Waals surface area contributed by atoms with Gasteiger partial charge in [-0.3, -0.25) is 9.59 Å². The second-order valence-corrected chi connectivity index (χ2v) is 25.0. The molecule has 0 aromatic heterocycles. The maximum atomic E-state index is 13.0. The van der Waals surface area contributed by atoms with E-state index < -0.39 is 49.5 Å². The predicted octanol–water partition coefficient (Wildman–Crippen LogP) is 17.9. The van der Waals surface area contributed by atoms with Crippen molar-refractivity contribution in [2.45, 2.75) is 403 Å². The highest BCUT2D eigenvalue weighted by molar-refractivity contribution is 5.76. The molecule has 81 heavy (non-hydrogen) atoms. The summed E-state index contributed by atoms with van der Waals surface area (Å²) in [6, 6.07) is -0.805. The van der Waals surface area contributed by atoms with E-state index in [-0.39, 0.29) is 18.5 Å². The lowest BCUT2D eigenvalue weighted by atomic mass is 9.99. The van der Waals surface area contributed by atoms with Crippen molar-refractivity contribution in [2.24, 2.45) is 0 Å². The lowest BCUT2D eigenvalue weighted by Crippen LogP contribution is -2.60. The van der Waals surface area contributed by atoms with Crippen LogP contribution in [0.25, 0.3) is 0 Å². The molecule has 1 aliphatic rings. The number of aliphatic hydroxyl groups is 5. The maximum Gasteiger partial charge on any atom is 0.305 e. The Kier molecular flexibility index (Phi) is 57.4. The Morgan fingerprint density at radius 2 is 0.778 bits per heavy atom. The molecule has 1 fully saturated rings. The third kappa shape index (κ3) is 49.2. The van der Waals surface area contributed by atoms with Crippen molar-refractivity contribution in [3.63, 3.8) is 0 Å². The van der Waals surface area contributed by atoms with Gasteiger partial charge >= 0.3 is 5.97 Å². The SMILES string of the molecule is CCCCCCCCC/C=C/C(O)C(COC1OC(CO)C(O)C(O)C1O)NC(=O)CCCCCCCCCCCCCCCCCCCCCCCCCCCCCOC(=O)CCCCCCCCCCCCCCCCCCC. The molecule has 1 rings (SSSR count). The zero-order valence-corrected chi connectivity index (χ0v) is 53.3. The maximum absolute atomic E-state index is 13.0. The Hall–Kier alpha value is -1.60. The Morgan fingerprint density at radius 1 is 0.444 bits per heavy atom. The number of aliphatic hydroxyl groups excluding tert-OH is 5. The van der Waals surface area contributed by atoms with Crippen LogP contribution in [0.2, 0.25) is 0 Å². The Labute approximate surface area is 499 Å².